The highest BCUT2D eigenvalue weighted by Crippen LogP contribution is 2.43. The Morgan fingerprint density at radius 1 is 1.26 bits per heavy atom. The van der Waals surface area contributed by atoms with E-state index < -0.39 is 11.8 Å². The maximum atomic E-state index is 13.2. The van der Waals surface area contributed by atoms with Gasteiger partial charge in [0.1, 0.15) is 5.76 Å². The van der Waals surface area contributed by atoms with Gasteiger partial charge in [-0.25, -0.2) is 9.78 Å². The molecular formula is C22H18N4O5. The molecule has 4 aromatic rings. The molecule has 0 fully saturated rings. The van der Waals surface area contributed by atoms with Crippen LogP contribution in [0.2, 0.25) is 0 Å². The summed E-state index contributed by atoms with van der Waals surface area (Å²) < 4.78 is 10.0. The molecule has 0 aliphatic carbocycles. The zero-order valence-electron chi connectivity index (χ0n) is 16.5. The van der Waals surface area contributed by atoms with Crippen molar-refractivity contribution in [1.82, 2.24) is 14.9 Å². The molecule has 0 saturated heterocycles. The van der Waals surface area contributed by atoms with Crippen LogP contribution in [-0.4, -0.2) is 39.1 Å². The number of benzene rings is 2. The van der Waals surface area contributed by atoms with Crippen molar-refractivity contribution in [3.63, 3.8) is 0 Å². The number of hydrogen-bond donors (Lipinski definition) is 3. The van der Waals surface area contributed by atoms with Crippen LogP contribution in [0.1, 0.15) is 27.2 Å². The van der Waals surface area contributed by atoms with Crippen molar-refractivity contribution < 1.29 is 23.8 Å². The lowest BCUT2D eigenvalue weighted by atomic mass is 9.93. The molecule has 2 aromatic carbocycles. The molecule has 0 bridgehead atoms. The molecule has 1 aliphatic rings. The maximum absolute atomic E-state index is 13.2. The second kappa shape index (κ2) is 6.99. The number of fused-ring (bicyclic) bond motifs is 2. The normalized spacial score (nSPS) is 17.7. The minimum absolute atomic E-state index is 0.0881. The van der Waals surface area contributed by atoms with E-state index in [9.17, 15) is 14.7 Å². The topological polar surface area (TPSA) is 121 Å². The zero-order valence-corrected chi connectivity index (χ0v) is 16.5. The van der Waals surface area contributed by atoms with Gasteiger partial charge in [-0.3, -0.25) is 15.0 Å². The number of aliphatic hydroxyl groups is 1. The van der Waals surface area contributed by atoms with E-state index in [1.807, 2.05) is 0 Å². The number of nitrogens with one attached hydrogen (secondary N) is 2. The zero-order chi connectivity index (χ0) is 21.6. The van der Waals surface area contributed by atoms with E-state index in [0.29, 0.717) is 33.5 Å². The monoisotopic (exact) mass is 418 g/mol. The van der Waals surface area contributed by atoms with Crippen molar-refractivity contribution in [3.05, 3.63) is 83.3 Å². The van der Waals surface area contributed by atoms with Crippen molar-refractivity contribution in [2.45, 2.75) is 12.3 Å². The molecule has 1 unspecified atom stereocenters. The number of ether oxygens (including phenoxy) is 1. The Kier molecular flexibility index (Phi) is 4.26. The fraction of sp³-hybridized carbons (Fsp3) is 0.136. The number of rotatable bonds is 4. The van der Waals surface area contributed by atoms with Crippen LogP contribution in [0, 0.1) is 0 Å². The molecule has 2 amide bonds. The molecule has 1 aliphatic heterocycles. The van der Waals surface area contributed by atoms with Gasteiger partial charge in [-0.1, -0.05) is 24.3 Å². The van der Waals surface area contributed by atoms with E-state index in [0.717, 1.165) is 0 Å². The number of methoxy groups -OCH3 is 1. The van der Waals surface area contributed by atoms with Gasteiger partial charge in [0.25, 0.3) is 5.91 Å². The second-order valence-electron chi connectivity index (χ2n) is 7.12. The summed E-state index contributed by atoms with van der Waals surface area (Å²) in [6, 6.07) is 15.6. The number of aromatic nitrogens is 2. The second-order valence-corrected chi connectivity index (χ2v) is 7.12. The minimum Gasteiger partial charge on any atom is -0.467 e. The number of imidazole rings is 1. The van der Waals surface area contributed by atoms with Crippen molar-refractivity contribution >= 4 is 29.0 Å². The first kappa shape index (κ1) is 18.9. The number of carbonyl (C=O) groups excluding carboxylic acids is 2. The molecule has 31 heavy (non-hydrogen) atoms. The summed E-state index contributed by atoms with van der Waals surface area (Å²) in [5, 5.41) is 14.4. The molecule has 0 saturated carbocycles. The van der Waals surface area contributed by atoms with Crippen LogP contribution in [-0.2, 0) is 17.0 Å². The summed E-state index contributed by atoms with van der Waals surface area (Å²) in [6.45, 7) is 0.0881. The highest BCUT2D eigenvalue weighted by molar-refractivity contribution is 6.00. The van der Waals surface area contributed by atoms with E-state index in [1.54, 1.807) is 54.6 Å². The van der Waals surface area contributed by atoms with Crippen LogP contribution in [0.5, 0.6) is 0 Å². The molecule has 9 nitrogen and oxygen atoms in total. The summed E-state index contributed by atoms with van der Waals surface area (Å²) in [5.74, 6) is 0.455. The third-order valence-electron chi connectivity index (χ3n) is 5.35. The SMILES string of the molecule is COC(=O)Nc1nc2cc(C3(O)c4ccccc4C(=O)N3Cc3ccco3)ccc2[nH]1. The van der Waals surface area contributed by atoms with E-state index in [-0.39, 0.29) is 18.4 Å². The number of amides is 2. The minimum atomic E-state index is -1.72. The van der Waals surface area contributed by atoms with Gasteiger partial charge in [-0.05, 0) is 30.3 Å². The molecular weight excluding hydrogens is 400 g/mol. The summed E-state index contributed by atoms with van der Waals surface area (Å²) >= 11 is 0. The fourth-order valence-corrected chi connectivity index (χ4v) is 3.90. The Morgan fingerprint density at radius 3 is 2.87 bits per heavy atom. The molecule has 9 heteroatoms. The Bertz CT molecular complexity index is 1300. The number of nitrogens with zero attached hydrogens (tertiary/aromatic N) is 2. The van der Waals surface area contributed by atoms with Gasteiger partial charge in [0.2, 0.25) is 5.95 Å². The Labute approximate surface area is 176 Å². The lowest BCUT2D eigenvalue weighted by molar-refractivity contribution is -0.0565. The van der Waals surface area contributed by atoms with Gasteiger partial charge in [0.05, 0.1) is 31.0 Å². The fourth-order valence-electron chi connectivity index (χ4n) is 3.90. The summed E-state index contributed by atoms with van der Waals surface area (Å²) in [6.07, 6.45) is 0.867. The number of H-pyrrole nitrogens is 1. The third kappa shape index (κ3) is 2.94. The summed E-state index contributed by atoms with van der Waals surface area (Å²) in [4.78, 5) is 33.3. The quantitative estimate of drug-likeness (QED) is 0.468. The Balaban J connectivity index is 1.62. The molecule has 1 atom stereocenters. The molecule has 3 N–H and O–H groups in total. The first-order chi connectivity index (χ1) is 15.0. The summed E-state index contributed by atoms with van der Waals surface area (Å²) in [5.41, 5.74) is 0.798. The van der Waals surface area contributed by atoms with Crippen LogP contribution in [0.4, 0.5) is 10.7 Å². The number of carbonyl (C=O) groups is 2. The van der Waals surface area contributed by atoms with Gasteiger partial charge < -0.3 is 19.2 Å². The predicted octanol–water partition coefficient (Wildman–Crippen LogP) is 3.18. The third-order valence-corrected chi connectivity index (χ3v) is 5.35. The van der Waals surface area contributed by atoms with Gasteiger partial charge >= 0.3 is 6.09 Å². The molecule has 2 aromatic heterocycles. The van der Waals surface area contributed by atoms with Crippen molar-refractivity contribution in [1.29, 1.82) is 0 Å². The Morgan fingerprint density at radius 2 is 2.10 bits per heavy atom. The molecule has 0 spiro atoms. The van der Waals surface area contributed by atoms with E-state index in [1.165, 1.54) is 18.3 Å². The smallest absolute Gasteiger partial charge is 0.413 e. The van der Waals surface area contributed by atoms with Crippen LogP contribution in [0.25, 0.3) is 11.0 Å². The van der Waals surface area contributed by atoms with Gasteiger partial charge in [-0.2, -0.15) is 0 Å². The number of anilines is 1. The highest BCUT2D eigenvalue weighted by atomic mass is 16.5. The predicted molar refractivity (Wildman–Crippen MR) is 110 cm³/mol. The maximum Gasteiger partial charge on any atom is 0.413 e. The van der Waals surface area contributed by atoms with Crippen LogP contribution in [0.15, 0.2) is 65.3 Å². The number of aromatic amines is 1. The van der Waals surface area contributed by atoms with Crippen molar-refractivity contribution in [2.24, 2.45) is 0 Å². The highest BCUT2D eigenvalue weighted by Gasteiger charge is 2.50. The average molecular weight is 418 g/mol. The van der Waals surface area contributed by atoms with Crippen molar-refractivity contribution in [3.8, 4) is 0 Å². The average Bonchev–Trinajstić information content (AvgIpc) is 3.49. The standard InChI is InChI=1S/C22H18N4O5/c1-30-21(28)25-20-23-17-9-8-13(11-18(17)24-20)22(29)16-7-3-2-6-15(16)19(27)26(22)12-14-5-4-10-31-14/h2-11,29H,12H2,1H3,(H2,23,24,25,28). The lowest BCUT2D eigenvalue weighted by Gasteiger charge is -2.34. The molecule has 156 valence electrons. The van der Waals surface area contributed by atoms with Crippen LogP contribution in [0.3, 0.4) is 0 Å². The van der Waals surface area contributed by atoms with Crippen LogP contribution < -0.4 is 5.32 Å². The molecule has 5 rings (SSSR count). The van der Waals surface area contributed by atoms with Gasteiger partial charge in [0, 0.05) is 16.7 Å². The Hall–Kier alpha value is -4.11. The summed E-state index contributed by atoms with van der Waals surface area (Å²) in [7, 11) is 1.26. The first-order valence-corrected chi connectivity index (χ1v) is 9.52. The van der Waals surface area contributed by atoms with E-state index >= 15 is 0 Å². The molecule has 0 radical (unpaired) electrons. The largest absolute Gasteiger partial charge is 0.467 e. The molecule has 3 heterocycles. The number of hydrogen-bond acceptors (Lipinski definition) is 6. The van der Waals surface area contributed by atoms with Crippen LogP contribution >= 0.6 is 0 Å². The van der Waals surface area contributed by atoms with E-state index in [4.69, 9.17) is 4.42 Å². The number of furan rings is 1. The lowest BCUT2D eigenvalue weighted by Crippen LogP contribution is -2.44. The van der Waals surface area contributed by atoms with Crippen molar-refractivity contribution in [2.75, 3.05) is 12.4 Å². The first-order valence-electron chi connectivity index (χ1n) is 9.52. The van der Waals surface area contributed by atoms with Gasteiger partial charge in [-0.15, -0.1) is 0 Å². The van der Waals surface area contributed by atoms with E-state index in [2.05, 4.69) is 20.0 Å². The van der Waals surface area contributed by atoms with Gasteiger partial charge in [0.15, 0.2) is 5.72 Å².